The third kappa shape index (κ3) is 2.32. The summed E-state index contributed by atoms with van der Waals surface area (Å²) in [7, 11) is 0. The van der Waals surface area contributed by atoms with Crippen LogP contribution in [-0.2, 0) is 6.42 Å². The van der Waals surface area contributed by atoms with Gasteiger partial charge in [0.05, 0.1) is 5.52 Å². The van der Waals surface area contributed by atoms with E-state index >= 15 is 0 Å². The lowest BCUT2D eigenvalue weighted by atomic mass is 10.1. The minimum atomic E-state index is -1.01. The quantitative estimate of drug-likeness (QED) is 0.800. The fraction of sp³-hybridized carbons (Fsp3) is 0.0667. The van der Waals surface area contributed by atoms with E-state index in [9.17, 15) is 9.90 Å². The Bertz CT molecular complexity index is 781. The van der Waals surface area contributed by atoms with Crippen molar-refractivity contribution in [3.05, 3.63) is 70.2 Å². The molecule has 3 aromatic rings. The number of aromatic nitrogens is 2. The van der Waals surface area contributed by atoms with Crippen molar-refractivity contribution in [2.75, 3.05) is 0 Å². The highest BCUT2D eigenvalue weighted by molar-refractivity contribution is 9.10. The summed E-state index contributed by atoms with van der Waals surface area (Å²) in [5.74, 6) is -0.297. The zero-order valence-corrected chi connectivity index (χ0v) is 12.0. The molecule has 1 aromatic carbocycles. The first kappa shape index (κ1) is 12.9. The number of rotatable bonds is 3. The SMILES string of the molecule is O=C(O)c1nc(Cc2ccccc2)n2cc(Br)ccc12. The number of carboxylic acid groups (broad SMARTS) is 1. The molecule has 0 aliphatic heterocycles. The Kier molecular flexibility index (Phi) is 3.28. The molecule has 0 spiro atoms. The van der Waals surface area contributed by atoms with E-state index in [1.165, 1.54) is 0 Å². The van der Waals surface area contributed by atoms with Crippen molar-refractivity contribution in [2.24, 2.45) is 0 Å². The van der Waals surface area contributed by atoms with Gasteiger partial charge in [0.1, 0.15) is 5.82 Å². The standard InChI is InChI=1S/C15H11BrN2O2/c16-11-6-7-12-14(15(19)20)17-13(18(12)9-11)8-10-4-2-1-3-5-10/h1-7,9H,8H2,(H,19,20). The van der Waals surface area contributed by atoms with Gasteiger partial charge in [-0.3, -0.25) is 0 Å². The second-order valence-electron chi connectivity index (χ2n) is 4.45. The normalized spacial score (nSPS) is 10.8. The Balaban J connectivity index is 2.15. The van der Waals surface area contributed by atoms with E-state index < -0.39 is 5.97 Å². The Labute approximate surface area is 123 Å². The van der Waals surface area contributed by atoms with Crippen molar-refractivity contribution in [3.63, 3.8) is 0 Å². The maximum atomic E-state index is 11.3. The summed E-state index contributed by atoms with van der Waals surface area (Å²) in [6.45, 7) is 0. The summed E-state index contributed by atoms with van der Waals surface area (Å²) in [5, 5.41) is 9.24. The molecular formula is C15H11BrN2O2. The van der Waals surface area contributed by atoms with E-state index in [0.29, 0.717) is 17.8 Å². The first-order valence-corrected chi connectivity index (χ1v) is 6.88. The number of halogens is 1. The van der Waals surface area contributed by atoms with E-state index in [1.807, 2.05) is 47.0 Å². The minimum Gasteiger partial charge on any atom is -0.476 e. The molecule has 4 nitrogen and oxygen atoms in total. The van der Waals surface area contributed by atoms with Crippen molar-refractivity contribution in [2.45, 2.75) is 6.42 Å². The molecule has 0 amide bonds. The van der Waals surface area contributed by atoms with Gasteiger partial charge in [0.25, 0.3) is 0 Å². The largest absolute Gasteiger partial charge is 0.476 e. The molecule has 20 heavy (non-hydrogen) atoms. The van der Waals surface area contributed by atoms with Gasteiger partial charge in [-0.15, -0.1) is 0 Å². The summed E-state index contributed by atoms with van der Waals surface area (Å²) >= 11 is 3.40. The van der Waals surface area contributed by atoms with Crippen molar-refractivity contribution < 1.29 is 9.90 Å². The van der Waals surface area contributed by atoms with E-state index in [4.69, 9.17) is 0 Å². The molecule has 3 rings (SSSR count). The average Bonchev–Trinajstić information content (AvgIpc) is 2.78. The van der Waals surface area contributed by atoms with Gasteiger partial charge in [0.2, 0.25) is 0 Å². The lowest BCUT2D eigenvalue weighted by molar-refractivity contribution is 0.0693. The highest BCUT2D eigenvalue weighted by Crippen LogP contribution is 2.19. The van der Waals surface area contributed by atoms with Gasteiger partial charge in [-0.05, 0) is 33.6 Å². The minimum absolute atomic E-state index is 0.0865. The van der Waals surface area contributed by atoms with Gasteiger partial charge in [-0.2, -0.15) is 0 Å². The molecule has 0 saturated carbocycles. The fourth-order valence-electron chi connectivity index (χ4n) is 2.18. The first-order chi connectivity index (χ1) is 9.65. The van der Waals surface area contributed by atoms with E-state index in [1.54, 1.807) is 6.07 Å². The zero-order chi connectivity index (χ0) is 14.1. The van der Waals surface area contributed by atoms with Crippen LogP contribution in [0.15, 0.2) is 53.1 Å². The van der Waals surface area contributed by atoms with Gasteiger partial charge in [0.15, 0.2) is 5.69 Å². The monoisotopic (exact) mass is 330 g/mol. The van der Waals surface area contributed by atoms with E-state index in [2.05, 4.69) is 20.9 Å². The highest BCUT2D eigenvalue weighted by atomic mass is 79.9. The maximum Gasteiger partial charge on any atom is 0.356 e. The fourth-order valence-corrected chi connectivity index (χ4v) is 2.52. The summed E-state index contributed by atoms with van der Waals surface area (Å²) in [4.78, 5) is 15.5. The molecule has 0 aliphatic rings. The number of fused-ring (bicyclic) bond motifs is 1. The number of aromatic carboxylic acids is 1. The lowest BCUT2D eigenvalue weighted by Crippen LogP contribution is -1.97. The molecule has 100 valence electrons. The van der Waals surface area contributed by atoms with Crippen molar-refractivity contribution >= 4 is 27.4 Å². The second kappa shape index (κ2) is 5.09. The van der Waals surface area contributed by atoms with Crippen molar-refractivity contribution in [1.29, 1.82) is 0 Å². The molecule has 2 aromatic heterocycles. The Hall–Kier alpha value is -2.14. The van der Waals surface area contributed by atoms with Crippen LogP contribution in [0.5, 0.6) is 0 Å². The number of imidazole rings is 1. The Morgan fingerprint density at radius 2 is 1.95 bits per heavy atom. The van der Waals surface area contributed by atoms with Crippen LogP contribution in [0.2, 0.25) is 0 Å². The summed E-state index contributed by atoms with van der Waals surface area (Å²) in [6, 6.07) is 13.4. The molecule has 0 saturated heterocycles. The molecule has 0 atom stereocenters. The zero-order valence-electron chi connectivity index (χ0n) is 10.5. The molecule has 2 heterocycles. The molecular weight excluding hydrogens is 320 g/mol. The molecule has 0 fully saturated rings. The topological polar surface area (TPSA) is 54.6 Å². The van der Waals surface area contributed by atoms with Gasteiger partial charge in [0, 0.05) is 17.1 Å². The van der Waals surface area contributed by atoms with E-state index in [0.717, 1.165) is 10.0 Å². The third-order valence-electron chi connectivity index (χ3n) is 3.08. The van der Waals surface area contributed by atoms with Gasteiger partial charge >= 0.3 is 5.97 Å². The van der Waals surface area contributed by atoms with Crippen LogP contribution in [0.3, 0.4) is 0 Å². The van der Waals surface area contributed by atoms with Gasteiger partial charge in [-0.1, -0.05) is 30.3 Å². The maximum absolute atomic E-state index is 11.3. The molecule has 0 radical (unpaired) electrons. The molecule has 5 heteroatoms. The molecule has 1 N–H and O–H groups in total. The molecule has 0 aliphatic carbocycles. The number of pyridine rings is 1. The average molecular weight is 331 g/mol. The first-order valence-electron chi connectivity index (χ1n) is 6.09. The van der Waals surface area contributed by atoms with Crippen LogP contribution >= 0.6 is 15.9 Å². The third-order valence-corrected chi connectivity index (χ3v) is 3.55. The number of benzene rings is 1. The van der Waals surface area contributed by atoms with Crippen molar-refractivity contribution in [3.8, 4) is 0 Å². The predicted octanol–water partition coefficient (Wildman–Crippen LogP) is 3.39. The number of hydrogen-bond acceptors (Lipinski definition) is 2. The van der Waals surface area contributed by atoms with Gasteiger partial charge < -0.3 is 9.51 Å². The van der Waals surface area contributed by atoms with Crippen LogP contribution in [-0.4, -0.2) is 20.5 Å². The molecule has 0 unspecified atom stereocenters. The Morgan fingerprint density at radius 3 is 2.65 bits per heavy atom. The van der Waals surface area contributed by atoms with Crippen LogP contribution in [0.25, 0.3) is 5.52 Å². The Morgan fingerprint density at radius 1 is 1.20 bits per heavy atom. The number of nitrogens with zero attached hydrogens (tertiary/aromatic N) is 2. The summed E-state index contributed by atoms with van der Waals surface area (Å²) in [5.41, 5.74) is 1.78. The summed E-state index contributed by atoms with van der Waals surface area (Å²) in [6.07, 6.45) is 2.43. The summed E-state index contributed by atoms with van der Waals surface area (Å²) < 4.78 is 2.70. The number of carboxylic acids is 1. The number of hydrogen-bond donors (Lipinski definition) is 1. The number of carbonyl (C=O) groups is 1. The van der Waals surface area contributed by atoms with Gasteiger partial charge in [-0.25, -0.2) is 9.78 Å². The van der Waals surface area contributed by atoms with Crippen LogP contribution < -0.4 is 0 Å². The van der Waals surface area contributed by atoms with Crippen LogP contribution in [0.1, 0.15) is 21.9 Å². The highest BCUT2D eigenvalue weighted by Gasteiger charge is 2.16. The molecule has 0 bridgehead atoms. The van der Waals surface area contributed by atoms with Crippen LogP contribution in [0, 0.1) is 0 Å². The van der Waals surface area contributed by atoms with E-state index in [-0.39, 0.29) is 5.69 Å². The predicted molar refractivity (Wildman–Crippen MR) is 79.1 cm³/mol. The second-order valence-corrected chi connectivity index (χ2v) is 5.36. The van der Waals surface area contributed by atoms with Crippen LogP contribution in [0.4, 0.5) is 0 Å². The smallest absolute Gasteiger partial charge is 0.356 e. The lowest BCUT2D eigenvalue weighted by Gasteiger charge is -2.02. The van der Waals surface area contributed by atoms with Crippen molar-refractivity contribution in [1.82, 2.24) is 9.38 Å².